The number of halogens is 1. The minimum absolute atomic E-state index is 0.125. The number of nitrogens with one attached hydrogen (secondary N) is 1. The molecule has 3 aliphatic heterocycles. The minimum atomic E-state index is -1.46. The first-order valence-electron chi connectivity index (χ1n) is 13.4. The summed E-state index contributed by atoms with van der Waals surface area (Å²) in [4.78, 5) is 45.4. The molecule has 0 saturated carbocycles. The molecule has 0 radical (unpaired) electrons. The highest BCUT2D eigenvalue weighted by Gasteiger charge is 2.70. The number of hydrogen-bond acceptors (Lipinski definition) is 5. The monoisotopic (exact) mass is 544 g/mol. The normalized spacial score (nSPS) is 23.5. The predicted octanol–water partition coefficient (Wildman–Crippen LogP) is 5.69. The topological polar surface area (TPSA) is 75.7 Å². The van der Waals surface area contributed by atoms with Gasteiger partial charge in [-0.1, -0.05) is 60.7 Å². The van der Waals surface area contributed by atoms with Gasteiger partial charge in [-0.05, 0) is 59.7 Å². The Kier molecular flexibility index (Phi) is 5.64. The van der Waals surface area contributed by atoms with E-state index in [0.29, 0.717) is 28.3 Å². The van der Waals surface area contributed by atoms with Gasteiger partial charge in [0.1, 0.15) is 23.0 Å². The summed E-state index contributed by atoms with van der Waals surface area (Å²) in [6.45, 7) is 0. The lowest BCUT2D eigenvalue weighted by molar-refractivity contribution is -0.121. The van der Waals surface area contributed by atoms with Crippen LogP contribution in [0.25, 0.3) is 6.08 Å². The molecule has 0 aliphatic carbocycles. The van der Waals surface area contributed by atoms with Crippen molar-refractivity contribution >= 4 is 34.9 Å². The SMILES string of the molecule is COc1ccc(C(=O)[C@@H]2[C@H](C(=O)c3ccccc3F)N3c4ccccc4C=C[C@H]3[C@]23C(=O)Nc2ccccc23)cc1. The van der Waals surface area contributed by atoms with Crippen molar-refractivity contribution < 1.29 is 23.5 Å². The average Bonchev–Trinajstić information content (AvgIpc) is 3.49. The van der Waals surface area contributed by atoms with Gasteiger partial charge >= 0.3 is 0 Å². The molecule has 0 aromatic heterocycles. The first-order valence-corrected chi connectivity index (χ1v) is 13.4. The number of carbonyl (C=O) groups is 3. The molecule has 0 bridgehead atoms. The molecule has 7 heteroatoms. The van der Waals surface area contributed by atoms with Crippen molar-refractivity contribution in [2.24, 2.45) is 5.92 Å². The number of hydrogen-bond donors (Lipinski definition) is 1. The van der Waals surface area contributed by atoms with Crippen LogP contribution < -0.4 is 15.0 Å². The molecular weight excluding hydrogens is 519 g/mol. The van der Waals surface area contributed by atoms with Crippen LogP contribution in [0.2, 0.25) is 0 Å². The zero-order valence-corrected chi connectivity index (χ0v) is 22.1. The van der Waals surface area contributed by atoms with Crippen LogP contribution >= 0.6 is 0 Å². The van der Waals surface area contributed by atoms with Crippen LogP contribution in [0, 0.1) is 11.7 Å². The number of amides is 1. The summed E-state index contributed by atoms with van der Waals surface area (Å²) < 4.78 is 20.5. The zero-order chi connectivity index (χ0) is 28.3. The molecular formula is C34H25FN2O4. The molecule has 3 heterocycles. The van der Waals surface area contributed by atoms with E-state index in [1.54, 1.807) is 36.4 Å². The molecule has 6 nitrogen and oxygen atoms in total. The third kappa shape index (κ3) is 3.45. The lowest BCUT2D eigenvalue weighted by Crippen LogP contribution is -2.51. The number of benzene rings is 4. The maximum atomic E-state index is 15.2. The maximum Gasteiger partial charge on any atom is 0.238 e. The predicted molar refractivity (Wildman–Crippen MR) is 154 cm³/mol. The summed E-state index contributed by atoms with van der Waals surface area (Å²) in [5.74, 6) is -2.59. The molecule has 202 valence electrons. The highest BCUT2D eigenvalue weighted by molar-refractivity contribution is 6.18. The second kappa shape index (κ2) is 9.27. The molecule has 0 unspecified atom stereocenters. The van der Waals surface area contributed by atoms with Crippen LogP contribution in [0.3, 0.4) is 0 Å². The summed E-state index contributed by atoms with van der Waals surface area (Å²) in [5.41, 5.74) is 1.53. The van der Waals surface area contributed by atoms with E-state index in [1.807, 2.05) is 59.5 Å². The van der Waals surface area contributed by atoms with Crippen LogP contribution in [0.1, 0.15) is 31.8 Å². The standard InChI is InChI=1S/C34H25FN2O4/c1-41-22-17-14-21(15-18-22)31(38)29-30(32(39)23-9-3-5-11-25(23)35)37-27-13-7-2-8-20(27)16-19-28(37)34(29)24-10-4-6-12-26(24)36-33(34)40/h2-19,28-30H,1H3,(H,36,40)/t28-,29-,30+,34-/m0/s1. The van der Waals surface area contributed by atoms with Gasteiger partial charge in [-0.3, -0.25) is 14.4 Å². The molecule has 7 rings (SSSR count). The van der Waals surface area contributed by atoms with Crippen LogP contribution in [0.4, 0.5) is 15.8 Å². The zero-order valence-electron chi connectivity index (χ0n) is 22.1. The van der Waals surface area contributed by atoms with Crippen molar-refractivity contribution in [3.8, 4) is 5.75 Å². The van der Waals surface area contributed by atoms with Gasteiger partial charge in [0, 0.05) is 16.9 Å². The van der Waals surface area contributed by atoms with E-state index in [2.05, 4.69) is 5.32 Å². The fourth-order valence-electron chi connectivity index (χ4n) is 6.87. The number of carbonyl (C=O) groups excluding carboxylic acids is 3. The number of nitrogens with zero attached hydrogens (tertiary/aromatic N) is 1. The van der Waals surface area contributed by atoms with Crippen molar-refractivity contribution in [1.82, 2.24) is 0 Å². The number of methoxy groups -OCH3 is 1. The number of para-hydroxylation sites is 2. The average molecular weight is 545 g/mol. The van der Waals surface area contributed by atoms with Crippen LogP contribution in [0.15, 0.2) is 103 Å². The summed E-state index contributed by atoms with van der Waals surface area (Å²) in [7, 11) is 1.54. The Bertz CT molecular complexity index is 1760. The van der Waals surface area contributed by atoms with Crippen molar-refractivity contribution in [1.29, 1.82) is 0 Å². The van der Waals surface area contributed by atoms with Gasteiger partial charge in [0.15, 0.2) is 11.6 Å². The van der Waals surface area contributed by atoms with E-state index < -0.39 is 35.0 Å². The van der Waals surface area contributed by atoms with Crippen LogP contribution in [-0.4, -0.2) is 36.7 Å². The van der Waals surface area contributed by atoms with E-state index in [9.17, 15) is 14.4 Å². The molecule has 1 amide bonds. The first-order chi connectivity index (χ1) is 20.0. The summed E-state index contributed by atoms with van der Waals surface area (Å²) in [5, 5.41) is 3.00. The van der Waals surface area contributed by atoms with E-state index >= 15 is 4.39 Å². The van der Waals surface area contributed by atoms with Crippen LogP contribution in [0.5, 0.6) is 5.75 Å². The van der Waals surface area contributed by atoms with Gasteiger partial charge < -0.3 is 15.0 Å². The Morgan fingerprint density at radius 2 is 1.59 bits per heavy atom. The third-order valence-electron chi connectivity index (χ3n) is 8.61. The van der Waals surface area contributed by atoms with Gasteiger partial charge in [-0.25, -0.2) is 4.39 Å². The first kappa shape index (κ1) is 25.0. The second-order valence-corrected chi connectivity index (χ2v) is 10.5. The van der Waals surface area contributed by atoms with Crippen molar-refractivity contribution in [3.05, 3.63) is 131 Å². The third-order valence-corrected chi connectivity index (χ3v) is 8.61. The quantitative estimate of drug-likeness (QED) is 0.327. The summed E-state index contributed by atoms with van der Waals surface area (Å²) in [6.07, 6.45) is 3.82. The van der Waals surface area contributed by atoms with Crippen molar-refractivity contribution in [2.45, 2.75) is 17.5 Å². The van der Waals surface area contributed by atoms with E-state index in [-0.39, 0.29) is 17.3 Å². The van der Waals surface area contributed by atoms with Gasteiger partial charge in [0.2, 0.25) is 5.91 Å². The molecule has 1 fully saturated rings. The van der Waals surface area contributed by atoms with Crippen molar-refractivity contribution in [3.63, 3.8) is 0 Å². The van der Waals surface area contributed by atoms with Gasteiger partial charge in [0.25, 0.3) is 0 Å². The Hall–Kier alpha value is -5.04. The van der Waals surface area contributed by atoms with E-state index in [1.165, 1.54) is 25.3 Å². The maximum absolute atomic E-state index is 15.2. The van der Waals surface area contributed by atoms with E-state index in [4.69, 9.17) is 4.74 Å². The lowest BCUT2D eigenvalue weighted by Gasteiger charge is -2.37. The van der Waals surface area contributed by atoms with E-state index in [0.717, 1.165) is 5.56 Å². The van der Waals surface area contributed by atoms with Gasteiger partial charge in [-0.2, -0.15) is 0 Å². The highest BCUT2D eigenvalue weighted by Crippen LogP contribution is 2.58. The number of fused-ring (bicyclic) bond motifs is 6. The highest BCUT2D eigenvalue weighted by atomic mass is 19.1. The largest absolute Gasteiger partial charge is 0.497 e. The smallest absolute Gasteiger partial charge is 0.238 e. The van der Waals surface area contributed by atoms with Crippen LogP contribution in [-0.2, 0) is 10.2 Å². The molecule has 4 aromatic carbocycles. The minimum Gasteiger partial charge on any atom is -0.497 e. The fourth-order valence-corrected chi connectivity index (χ4v) is 6.87. The molecule has 4 aromatic rings. The number of ether oxygens (including phenoxy) is 1. The molecule has 4 atom stereocenters. The fraction of sp³-hybridized carbons (Fsp3) is 0.147. The molecule has 1 spiro atoms. The molecule has 1 N–H and O–H groups in total. The Labute approximate surface area is 236 Å². The summed E-state index contributed by atoms with van der Waals surface area (Å²) >= 11 is 0. The molecule has 41 heavy (non-hydrogen) atoms. The Morgan fingerprint density at radius 1 is 0.878 bits per heavy atom. The molecule has 3 aliphatic rings. The van der Waals surface area contributed by atoms with Gasteiger partial charge in [-0.15, -0.1) is 0 Å². The van der Waals surface area contributed by atoms with Crippen molar-refractivity contribution in [2.75, 3.05) is 17.3 Å². The lowest BCUT2D eigenvalue weighted by atomic mass is 9.64. The molecule has 1 saturated heterocycles. The Balaban J connectivity index is 1.53. The number of ketones is 2. The summed E-state index contributed by atoms with van der Waals surface area (Å²) in [6, 6.07) is 25.4. The number of rotatable bonds is 5. The number of Topliss-reactive ketones (excluding diaryl/α,β-unsaturated/α-hetero) is 2. The van der Waals surface area contributed by atoms with Gasteiger partial charge in [0.05, 0.1) is 24.6 Å². The Morgan fingerprint density at radius 3 is 2.37 bits per heavy atom. The second-order valence-electron chi connectivity index (χ2n) is 10.5. The number of anilines is 2.